The van der Waals surface area contributed by atoms with Gasteiger partial charge < -0.3 is 21.3 Å². The molecule has 0 spiro atoms. The van der Waals surface area contributed by atoms with Crippen molar-refractivity contribution in [3.05, 3.63) is 22.2 Å². The quantitative estimate of drug-likeness (QED) is 0.778. The summed E-state index contributed by atoms with van der Waals surface area (Å²) in [5, 5.41) is 9.79. The molecule has 0 saturated carbocycles. The zero-order valence-electron chi connectivity index (χ0n) is 8.53. The molecule has 1 aromatic rings. The number of hydrogen-bond donors (Lipinski definition) is 3. The monoisotopic (exact) mass is 274 g/mol. The maximum atomic E-state index is 9.79. The number of methoxy groups -OCH3 is 1. The summed E-state index contributed by atoms with van der Waals surface area (Å²) in [6, 6.07) is 3.13. The van der Waals surface area contributed by atoms with Gasteiger partial charge in [-0.3, -0.25) is 0 Å². The zero-order valence-corrected chi connectivity index (χ0v) is 10.1. The second-order valence-corrected chi connectivity index (χ2v) is 4.09. The fourth-order valence-electron chi connectivity index (χ4n) is 1.33. The molecule has 0 saturated heterocycles. The second-order valence-electron chi connectivity index (χ2n) is 3.23. The van der Waals surface area contributed by atoms with Crippen LogP contribution in [0.25, 0.3) is 0 Å². The zero-order chi connectivity index (χ0) is 11.4. The fourth-order valence-corrected chi connectivity index (χ4v) is 1.78. The maximum Gasteiger partial charge on any atom is 0.134 e. The van der Waals surface area contributed by atoms with Crippen LogP contribution in [0.2, 0.25) is 0 Å². The van der Waals surface area contributed by atoms with E-state index in [9.17, 15) is 5.11 Å². The number of phenolic OH excluding ortho intramolecular Hbond substituents is 1. The van der Waals surface area contributed by atoms with E-state index in [-0.39, 0.29) is 11.8 Å². The fraction of sp³-hybridized carbons (Fsp3) is 0.400. The minimum Gasteiger partial charge on any atom is -0.506 e. The molecule has 1 rings (SSSR count). The predicted molar refractivity (Wildman–Crippen MR) is 63.0 cm³/mol. The molecule has 0 amide bonds. The summed E-state index contributed by atoms with van der Waals surface area (Å²) in [5.41, 5.74) is 11.9. The van der Waals surface area contributed by atoms with E-state index in [0.29, 0.717) is 28.8 Å². The van der Waals surface area contributed by atoms with Crippen molar-refractivity contribution >= 4 is 15.9 Å². The van der Waals surface area contributed by atoms with Crippen LogP contribution in [0.1, 0.15) is 18.0 Å². The van der Waals surface area contributed by atoms with Crippen molar-refractivity contribution in [2.24, 2.45) is 11.5 Å². The Labute approximate surface area is 97.3 Å². The lowest BCUT2D eigenvalue weighted by molar-refractivity contribution is 0.408. The molecule has 0 aliphatic heterocycles. The minimum atomic E-state index is -0.276. The number of hydrogen-bond acceptors (Lipinski definition) is 4. The molecule has 0 bridgehead atoms. The van der Waals surface area contributed by atoms with Crippen LogP contribution in [0.15, 0.2) is 16.6 Å². The minimum absolute atomic E-state index is 0.150. The number of rotatable bonds is 4. The van der Waals surface area contributed by atoms with Gasteiger partial charge in [0, 0.05) is 11.6 Å². The highest BCUT2D eigenvalue weighted by Crippen LogP contribution is 2.36. The van der Waals surface area contributed by atoms with Crippen LogP contribution in [0.4, 0.5) is 0 Å². The molecule has 5 heteroatoms. The highest BCUT2D eigenvalue weighted by atomic mass is 79.9. The normalized spacial score (nSPS) is 12.5. The summed E-state index contributed by atoms with van der Waals surface area (Å²) in [7, 11) is 1.57. The molecule has 0 heterocycles. The Morgan fingerprint density at radius 2 is 2.20 bits per heavy atom. The lowest BCUT2D eigenvalue weighted by atomic mass is 10.0. The van der Waals surface area contributed by atoms with Crippen LogP contribution in [-0.2, 0) is 0 Å². The van der Waals surface area contributed by atoms with Crippen molar-refractivity contribution < 1.29 is 9.84 Å². The van der Waals surface area contributed by atoms with E-state index in [2.05, 4.69) is 15.9 Å². The number of aromatic hydroxyl groups is 1. The van der Waals surface area contributed by atoms with Gasteiger partial charge in [0.2, 0.25) is 0 Å². The van der Waals surface area contributed by atoms with Gasteiger partial charge in [-0.1, -0.05) is 0 Å². The SMILES string of the molecule is COc1cc(Br)c(O)c([C@@H](N)CCN)c1. The van der Waals surface area contributed by atoms with E-state index in [1.54, 1.807) is 19.2 Å². The topological polar surface area (TPSA) is 81.5 Å². The van der Waals surface area contributed by atoms with Gasteiger partial charge in [0.1, 0.15) is 11.5 Å². The summed E-state index contributed by atoms with van der Waals surface area (Å²) in [4.78, 5) is 0. The molecule has 0 aliphatic rings. The molecule has 1 atom stereocenters. The van der Waals surface area contributed by atoms with Gasteiger partial charge in [0.05, 0.1) is 11.6 Å². The van der Waals surface area contributed by atoms with Crippen molar-refractivity contribution in [2.75, 3.05) is 13.7 Å². The molecule has 0 aromatic heterocycles. The number of ether oxygens (including phenoxy) is 1. The Balaban J connectivity index is 3.09. The summed E-state index contributed by atoms with van der Waals surface area (Å²) in [6.45, 7) is 0.482. The number of nitrogens with two attached hydrogens (primary N) is 2. The summed E-state index contributed by atoms with van der Waals surface area (Å²) in [6.07, 6.45) is 0.618. The molecule has 5 N–H and O–H groups in total. The molecule has 0 unspecified atom stereocenters. The molecular weight excluding hydrogens is 260 g/mol. The summed E-state index contributed by atoms with van der Waals surface area (Å²) < 4.78 is 5.66. The van der Waals surface area contributed by atoms with E-state index >= 15 is 0 Å². The van der Waals surface area contributed by atoms with Gasteiger partial charge in [-0.2, -0.15) is 0 Å². The van der Waals surface area contributed by atoms with Crippen molar-refractivity contribution in [1.82, 2.24) is 0 Å². The molecule has 15 heavy (non-hydrogen) atoms. The van der Waals surface area contributed by atoms with Crippen LogP contribution in [0.3, 0.4) is 0 Å². The lowest BCUT2D eigenvalue weighted by Gasteiger charge is -2.15. The van der Waals surface area contributed by atoms with Gasteiger partial charge in [0.15, 0.2) is 0 Å². The Bertz CT molecular complexity index is 344. The van der Waals surface area contributed by atoms with Crippen LogP contribution in [0.5, 0.6) is 11.5 Å². The van der Waals surface area contributed by atoms with Gasteiger partial charge in [-0.05, 0) is 41.0 Å². The molecule has 4 nitrogen and oxygen atoms in total. The third-order valence-corrected chi connectivity index (χ3v) is 2.78. The van der Waals surface area contributed by atoms with Crippen LogP contribution >= 0.6 is 15.9 Å². The van der Waals surface area contributed by atoms with Gasteiger partial charge in [0.25, 0.3) is 0 Å². The molecular formula is C10H15BrN2O2. The third kappa shape index (κ3) is 2.84. The average Bonchev–Trinajstić information content (AvgIpc) is 2.22. The average molecular weight is 275 g/mol. The maximum absolute atomic E-state index is 9.79. The summed E-state index contributed by atoms with van der Waals surface area (Å²) in [5.74, 6) is 0.805. The Morgan fingerprint density at radius 1 is 1.53 bits per heavy atom. The Morgan fingerprint density at radius 3 is 2.73 bits per heavy atom. The number of phenols is 1. The highest BCUT2D eigenvalue weighted by molar-refractivity contribution is 9.10. The first kappa shape index (κ1) is 12.3. The van der Waals surface area contributed by atoms with Crippen LogP contribution < -0.4 is 16.2 Å². The first-order valence-electron chi connectivity index (χ1n) is 4.62. The first-order valence-corrected chi connectivity index (χ1v) is 5.41. The largest absolute Gasteiger partial charge is 0.506 e. The van der Waals surface area contributed by atoms with Gasteiger partial charge in [-0.15, -0.1) is 0 Å². The van der Waals surface area contributed by atoms with E-state index in [1.165, 1.54) is 0 Å². The molecule has 0 fully saturated rings. The molecule has 84 valence electrons. The smallest absolute Gasteiger partial charge is 0.134 e. The van der Waals surface area contributed by atoms with Gasteiger partial charge in [-0.25, -0.2) is 0 Å². The number of benzene rings is 1. The van der Waals surface area contributed by atoms with Gasteiger partial charge >= 0.3 is 0 Å². The third-order valence-electron chi connectivity index (χ3n) is 2.18. The van der Waals surface area contributed by atoms with Crippen LogP contribution in [-0.4, -0.2) is 18.8 Å². The predicted octanol–water partition coefficient (Wildman–Crippen LogP) is 1.51. The second kappa shape index (κ2) is 5.34. The van der Waals surface area contributed by atoms with Crippen molar-refractivity contribution in [2.45, 2.75) is 12.5 Å². The lowest BCUT2D eigenvalue weighted by Crippen LogP contribution is -2.15. The Kier molecular flexibility index (Phi) is 4.38. The molecule has 0 aliphatic carbocycles. The van der Waals surface area contributed by atoms with Crippen molar-refractivity contribution in [3.8, 4) is 11.5 Å². The van der Waals surface area contributed by atoms with E-state index in [1.807, 2.05) is 0 Å². The van der Waals surface area contributed by atoms with Crippen molar-refractivity contribution in [1.29, 1.82) is 0 Å². The van der Waals surface area contributed by atoms with E-state index in [0.717, 1.165) is 0 Å². The van der Waals surface area contributed by atoms with E-state index in [4.69, 9.17) is 16.2 Å². The molecule has 0 radical (unpaired) electrons. The standard InChI is InChI=1S/C10H15BrN2O2/c1-15-6-4-7(9(13)2-3-12)10(14)8(11)5-6/h4-5,9,14H,2-3,12-13H2,1H3/t9-/m0/s1. The van der Waals surface area contributed by atoms with Crippen LogP contribution in [0, 0.1) is 0 Å². The van der Waals surface area contributed by atoms with Crippen molar-refractivity contribution in [3.63, 3.8) is 0 Å². The molecule has 1 aromatic carbocycles. The highest BCUT2D eigenvalue weighted by Gasteiger charge is 2.14. The number of halogens is 1. The first-order chi connectivity index (χ1) is 7.10. The summed E-state index contributed by atoms with van der Waals surface area (Å²) >= 11 is 3.24. The van der Waals surface area contributed by atoms with E-state index < -0.39 is 0 Å². The Hall–Kier alpha value is -0.780.